The van der Waals surface area contributed by atoms with Crippen molar-refractivity contribution in [1.82, 2.24) is 20.9 Å². The second-order valence-electron chi connectivity index (χ2n) is 14.1. The summed E-state index contributed by atoms with van der Waals surface area (Å²) in [5.41, 5.74) is -1.50. The number of piperidine rings is 1. The molecule has 0 aromatic rings. The molecule has 10 heteroatoms. The number of likely N-dealkylation sites (tertiary alicyclic amines) is 1. The lowest BCUT2D eigenvalue weighted by Crippen LogP contribution is -2.61. The summed E-state index contributed by atoms with van der Waals surface area (Å²) in [5.74, 6) is -0.878. The van der Waals surface area contributed by atoms with E-state index in [0.29, 0.717) is 18.9 Å². The van der Waals surface area contributed by atoms with Crippen molar-refractivity contribution in [2.45, 2.75) is 104 Å². The van der Waals surface area contributed by atoms with Gasteiger partial charge in [0.2, 0.25) is 11.8 Å². The second kappa shape index (κ2) is 11.1. The Morgan fingerprint density at radius 2 is 1.72 bits per heavy atom. The molecule has 4 amide bonds. The lowest BCUT2D eigenvalue weighted by atomic mass is 9.85. The maximum Gasteiger partial charge on any atom is 0.408 e. The van der Waals surface area contributed by atoms with Crippen LogP contribution >= 0.6 is 0 Å². The van der Waals surface area contributed by atoms with Crippen molar-refractivity contribution in [3.63, 3.8) is 0 Å². The van der Waals surface area contributed by atoms with E-state index in [1.807, 2.05) is 20.8 Å². The third kappa shape index (κ3) is 7.32. The highest BCUT2D eigenvalue weighted by atomic mass is 16.6. The highest BCUT2D eigenvalue weighted by Gasteiger charge is 2.70. The smallest absolute Gasteiger partial charge is 0.408 e. The van der Waals surface area contributed by atoms with E-state index in [-0.39, 0.29) is 35.6 Å². The van der Waals surface area contributed by atoms with Gasteiger partial charge in [0.05, 0.1) is 6.04 Å². The Morgan fingerprint density at radius 1 is 1.10 bits per heavy atom. The van der Waals surface area contributed by atoms with E-state index in [1.165, 1.54) is 6.08 Å². The predicted molar refractivity (Wildman–Crippen MR) is 147 cm³/mol. The van der Waals surface area contributed by atoms with Crippen molar-refractivity contribution in [3.05, 3.63) is 12.7 Å². The van der Waals surface area contributed by atoms with Crippen LogP contribution in [0.15, 0.2) is 12.7 Å². The van der Waals surface area contributed by atoms with Crippen LogP contribution in [0.3, 0.4) is 0 Å². The SMILES string of the molecule is C=CCNC(=O)C(O)C(CC1CC1)NC(=O)C1C2C(CN1C(=O)C(NC(=O)OC(C)(C)C)C(C)(C)C)C2(C)C. The Hall–Kier alpha value is -2.62. The summed E-state index contributed by atoms with van der Waals surface area (Å²) in [7, 11) is 0. The molecule has 2 saturated carbocycles. The number of aliphatic hydroxyl groups is 1. The van der Waals surface area contributed by atoms with E-state index >= 15 is 0 Å². The Kier molecular flexibility index (Phi) is 8.80. The van der Waals surface area contributed by atoms with Gasteiger partial charge in [0.1, 0.15) is 17.7 Å². The Labute approximate surface area is 232 Å². The van der Waals surface area contributed by atoms with Crippen molar-refractivity contribution in [2.24, 2.45) is 28.6 Å². The molecular weight excluding hydrogens is 500 g/mol. The second-order valence-corrected chi connectivity index (χ2v) is 14.1. The summed E-state index contributed by atoms with van der Waals surface area (Å²) in [6.07, 6.45) is 1.87. The molecule has 6 atom stereocenters. The fraction of sp³-hybridized carbons (Fsp3) is 0.793. The minimum Gasteiger partial charge on any atom is -0.444 e. The molecule has 39 heavy (non-hydrogen) atoms. The molecule has 0 bridgehead atoms. The first kappa shape index (κ1) is 30.9. The number of ether oxygens (including phenoxy) is 1. The Morgan fingerprint density at radius 3 is 2.23 bits per heavy atom. The molecule has 0 aromatic heterocycles. The Bertz CT molecular complexity index is 977. The zero-order valence-corrected chi connectivity index (χ0v) is 24.8. The van der Waals surface area contributed by atoms with Crippen LogP contribution < -0.4 is 16.0 Å². The normalized spacial score (nSPS) is 26.0. The monoisotopic (exact) mass is 548 g/mol. The first-order valence-electron chi connectivity index (χ1n) is 14.1. The van der Waals surface area contributed by atoms with Crippen LogP contribution in [0.4, 0.5) is 4.79 Å². The van der Waals surface area contributed by atoms with Gasteiger partial charge < -0.3 is 30.7 Å². The van der Waals surface area contributed by atoms with Gasteiger partial charge in [0, 0.05) is 13.1 Å². The van der Waals surface area contributed by atoms with Crippen molar-refractivity contribution in [3.8, 4) is 0 Å². The van der Waals surface area contributed by atoms with E-state index in [1.54, 1.807) is 25.7 Å². The molecule has 0 aromatic carbocycles. The maximum absolute atomic E-state index is 14.0. The number of carbonyl (C=O) groups excluding carboxylic acids is 4. The largest absolute Gasteiger partial charge is 0.444 e. The average Bonchev–Trinajstić information content (AvgIpc) is 3.65. The molecule has 220 valence electrons. The van der Waals surface area contributed by atoms with Crippen LogP contribution in [-0.4, -0.2) is 76.7 Å². The number of hydrogen-bond donors (Lipinski definition) is 4. The fourth-order valence-electron chi connectivity index (χ4n) is 5.76. The van der Waals surface area contributed by atoms with Gasteiger partial charge in [-0.1, -0.05) is 53.5 Å². The van der Waals surface area contributed by atoms with Gasteiger partial charge in [0.25, 0.3) is 5.91 Å². The van der Waals surface area contributed by atoms with Crippen LogP contribution in [0.2, 0.25) is 0 Å². The summed E-state index contributed by atoms with van der Waals surface area (Å²) < 4.78 is 5.41. The zero-order valence-electron chi connectivity index (χ0n) is 24.8. The first-order valence-corrected chi connectivity index (χ1v) is 14.1. The van der Waals surface area contributed by atoms with E-state index in [2.05, 4.69) is 36.4 Å². The molecule has 0 radical (unpaired) electrons. The summed E-state index contributed by atoms with van der Waals surface area (Å²) in [6.45, 7) is 19.2. The molecule has 3 aliphatic rings. The van der Waals surface area contributed by atoms with Gasteiger partial charge in [-0.25, -0.2) is 4.79 Å². The molecule has 0 spiro atoms. The number of aliphatic hydroxyl groups excluding tert-OH is 1. The molecular formula is C29H48N4O6. The van der Waals surface area contributed by atoms with Crippen molar-refractivity contribution in [2.75, 3.05) is 13.1 Å². The van der Waals surface area contributed by atoms with Crippen molar-refractivity contribution in [1.29, 1.82) is 0 Å². The molecule has 1 heterocycles. The van der Waals surface area contributed by atoms with Crippen LogP contribution in [0.25, 0.3) is 0 Å². The van der Waals surface area contributed by atoms with Crippen molar-refractivity contribution < 1.29 is 29.0 Å². The van der Waals surface area contributed by atoms with Gasteiger partial charge in [-0.15, -0.1) is 6.58 Å². The predicted octanol–water partition coefficient (Wildman–Crippen LogP) is 2.36. The molecule has 1 saturated heterocycles. The minimum absolute atomic E-state index is 0.0584. The zero-order chi connectivity index (χ0) is 29.5. The van der Waals surface area contributed by atoms with Gasteiger partial charge in [-0.3, -0.25) is 14.4 Å². The molecule has 1 aliphatic heterocycles. The van der Waals surface area contributed by atoms with Crippen LogP contribution in [0.1, 0.15) is 74.7 Å². The minimum atomic E-state index is -1.42. The van der Waals surface area contributed by atoms with E-state index < -0.39 is 47.2 Å². The molecule has 6 unspecified atom stereocenters. The van der Waals surface area contributed by atoms with Gasteiger partial charge in [-0.2, -0.15) is 0 Å². The number of nitrogens with one attached hydrogen (secondary N) is 3. The lowest BCUT2D eigenvalue weighted by molar-refractivity contribution is -0.145. The van der Waals surface area contributed by atoms with Crippen LogP contribution in [-0.2, 0) is 19.1 Å². The number of rotatable bonds is 10. The molecule has 2 aliphatic carbocycles. The standard InChI is InChI=1S/C29H48N4O6/c1-10-13-30-24(36)21(34)18(14-16-11-12-16)31-23(35)20-19-17(29(19,8)9)15-33(20)25(37)22(27(2,3)4)32-26(38)39-28(5,6)7/h10,16-22,34H,1,11-15H2,2-9H3,(H,30,36)(H,31,35)(H,32,38). The van der Waals surface area contributed by atoms with Gasteiger partial charge >= 0.3 is 6.09 Å². The summed E-state index contributed by atoms with van der Waals surface area (Å²) in [4.78, 5) is 54.5. The highest BCUT2D eigenvalue weighted by molar-refractivity contribution is 5.94. The molecule has 4 N–H and O–H groups in total. The number of alkyl carbamates (subject to hydrolysis) is 1. The summed E-state index contributed by atoms with van der Waals surface area (Å²) in [6, 6.07) is -2.46. The van der Waals surface area contributed by atoms with Crippen molar-refractivity contribution >= 4 is 23.8 Å². The van der Waals surface area contributed by atoms with E-state index in [9.17, 15) is 24.3 Å². The molecule has 10 nitrogen and oxygen atoms in total. The van der Waals surface area contributed by atoms with E-state index in [4.69, 9.17) is 4.74 Å². The maximum atomic E-state index is 14.0. The quantitative estimate of drug-likeness (QED) is 0.309. The summed E-state index contributed by atoms with van der Waals surface area (Å²) in [5, 5.41) is 19.1. The first-order chi connectivity index (χ1) is 17.9. The molecule has 3 rings (SSSR count). The van der Waals surface area contributed by atoms with Crippen LogP contribution in [0, 0.1) is 28.6 Å². The number of hydrogen-bond acceptors (Lipinski definition) is 6. The number of amides is 4. The third-order valence-corrected chi connectivity index (χ3v) is 8.22. The molecule has 3 fully saturated rings. The van der Waals surface area contributed by atoms with Gasteiger partial charge in [0.15, 0.2) is 6.10 Å². The lowest BCUT2D eigenvalue weighted by Gasteiger charge is -2.38. The van der Waals surface area contributed by atoms with E-state index in [0.717, 1.165) is 12.8 Å². The number of fused-ring (bicyclic) bond motifs is 1. The Balaban J connectivity index is 1.82. The third-order valence-electron chi connectivity index (χ3n) is 8.22. The van der Waals surface area contributed by atoms with Crippen LogP contribution in [0.5, 0.6) is 0 Å². The highest BCUT2D eigenvalue weighted by Crippen LogP contribution is 2.65. The number of carbonyl (C=O) groups is 4. The fourth-order valence-corrected chi connectivity index (χ4v) is 5.76. The summed E-state index contributed by atoms with van der Waals surface area (Å²) >= 11 is 0. The van der Waals surface area contributed by atoms with Gasteiger partial charge in [-0.05, 0) is 55.8 Å². The topological polar surface area (TPSA) is 137 Å². The number of nitrogens with zero attached hydrogens (tertiary/aromatic N) is 1. The average molecular weight is 549 g/mol.